The van der Waals surface area contributed by atoms with Gasteiger partial charge in [-0.1, -0.05) is 6.42 Å². The maximum absolute atomic E-state index is 5.36. The van der Waals surface area contributed by atoms with Gasteiger partial charge < -0.3 is 15.0 Å². The van der Waals surface area contributed by atoms with Crippen LogP contribution in [0.3, 0.4) is 0 Å². The number of rotatable bonds is 6. The van der Waals surface area contributed by atoms with Gasteiger partial charge in [0.1, 0.15) is 0 Å². The summed E-state index contributed by atoms with van der Waals surface area (Å²) >= 11 is 0. The van der Waals surface area contributed by atoms with Gasteiger partial charge in [-0.2, -0.15) is 0 Å². The summed E-state index contributed by atoms with van der Waals surface area (Å²) in [5, 5.41) is 3.44. The van der Waals surface area contributed by atoms with Gasteiger partial charge in [0.2, 0.25) is 0 Å². The molecule has 1 heterocycles. The highest BCUT2D eigenvalue weighted by molar-refractivity contribution is 14.0. The molecule has 118 valence electrons. The van der Waals surface area contributed by atoms with Crippen molar-refractivity contribution in [2.45, 2.75) is 46.0 Å². The molecule has 1 aliphatic carbocycles. The molecule has 2 rings (SSSR count). The van der Waals surface area contributed by atoms with Gasteiger partial charge in [0.05, 0.1) is 0 Å². The van der Waals surface area contributed by atoms with Crippen LogP contribution in [0.2, 0.25) is 0 Å². The van der Waals surface area contributed by atoms with E-state index in [4.69, 9.17) is 9.73 Å². The van der Waals surface area contributed by atoms with Crippen LogP contribution in [-0.4, -0.2) is 50.3 Å². The summed E-state index contributed by atoms with van der Waals surface area (Å²) < 4.78 is 5.36. The molecule has 0 atom stereocenters. The lowest BCUT2D eigenvalue weighted by Gasteiger charge is -2.38. The van der Waals surface area contributed by atoms with Gasteiger partial charge in [-0.05, 0) is 44.9 Å². The van der Waals surface area contributed by atoms with Gasteiger partial charge in [-0.15, -0.1) is 24.0 Å². The van der Waals surface area contributed by atoms with Crippen LogP contribution in [0.4, 0.5) is 0 Å². The van der Waals surface area contributed by atoms with Crippen molar-refractivity contribution in [1.82, 2.24) is 10.2 Å². The molecule has 20 heavy (non-hydrogen) atoms. The van der Waals surface area contributed by atoms with Gasteiger partial charge in [0, 0.05) is 39.4 Å². The van der Waals surface area contributed by atoms with Gasteiger partial charge in [-0.3, -0.25) is 4.99 Å². The summed E-state index contributed by atoms with van der Waals surface area (Å²) in [4.78, 5) is 7.20. The molecule has 5 heteroatoms. The maximum atomic E-state index is 5.36. The standard InChI is InChI=1S/C15H29N3O.HI/c1-3-16-14(17-10-6-12-19-4-2)18-11-9-15(13-18)7-5-8-15;/h3-13H2,1-2H3,(H,16,17);1H. The number of guanidine groups is 1. The van der Waals surface area contributed by atoms with Crippen LogP contribution in [0, 0.1) is 5.41 Å². The van der Waals surface area contributed by atoms with Crippen LogP contribution in [0.25, 0.3) is 0 Å². The van der Waals surface area contributed by atoms with Gasteiger partial charge >= 0.3 is 0 Å². The molecule has 0 unspecified atom stereocenters. The third kappa shape index (κ3) is 4.76. The Morgan fingerprint density at radius 1 is 1.30 bits per heavy atom. The average Bonchev–Trinajstić information content (AvgIpc) is 2.82. The smallest absolute Gasteiger partial charge is 0.193 e. The van der Waals surface area contributed by atoms with Gasteiger partial charge in [-0.25, -0.2) is 0 Å². The molecular weight excluding hydrogens is 365 g/mol. The fourth-order valence-electron chi connectivity index (χ4n) is 3.12. The Hall–Kier alpha value is -0.0400. The van der Waals surface area contributed by atoms with E-state index >= 15 is 0 Å². The summed E-state index contributed by atoms with van der Waals surface area (Å²) in [6, 6.07) is 0. The first-order valence-electron chi connectivity index (χ1n) is 7.91. The first-order chi connectivity index (χ1) is 9.29. The molecule has 4 nitrogen and oxygen atoms in total. The van der Waals surface area contributed by atoms with Crippen LogP contribution >= 0.6 is 24.0 Å². The number of hydrogen-bond acceptors (Lipinski definition) is 2. The summed E-state index contributed by atoms with van der Waals surface area (Å²) in [7, 11) is 0. The summed E-state index contributed by atoms with van der Waals surface area (Å²) in [5.41, 5.74) is 0.640. The zero-order valence-electron chi connectivity index (χ0n) is 13.0. The van der Waals surface area contributed by atoms with Crippen LogP contribution in [-0.2, 0) is 4.74 Å². The van der Waals surface area contributed by atoms with Crippen molar-refractivity contribution in [2.24, 2.45) is 10.4 Å². The van der Waals surface area contributed by atoms with Crippen molar-refractivity contribution < 1.29 is 4.74 Å². The Labute approximate surface area is 140 Å². The number of hydrogen-bond donors (Lipinski definition) is 1. The van der Waals surface area contributed by atoms with E-state index in [-0.39, 0.29) is 24.0 Å². The van der Waals surface area contributed by atoms with Crippen molar-refractivity contribution in [2.75, 3.05) is 39.4 Å². The molecule has 0 radical (unpaired) electrons. The Balaban J connectivity index is 0.00000200. The minimum atomic E-state index is 0. The predicted octanol–water partition coefficient (Wildman–Crippen LogP) is 2.87. The summed E-state index contributed by atoms with van der Waals surface area (Å²) in [6.07, 6.45) is 6.65. The molecule has 1 saturated carbocycles. The average molecular weight is 395 g/mol. The highest BCUT2D eigenvalue weighted by atomic mass is 127. The van der Waals surface area contributed by atoms with E-state index in [0.717, 1.165) is 38.7 Å². The van der Waals surface area contributed by atoms with Crippen LogP contribution in [0.5, 0.6) is 0 Å². The quantitative estimate of drug-likeness (QED) is 0.325. The predicted molar refractivity (Wildman–Crippen MR) is 95.0 cm³/mol. The van der Waals surface area contributed by atoms with Crippen LogP contribution in [0.15, 0.2) is 4.99 Å². The molecule has 1 spiro atoms. The molecule has 0 aromatic heterocycles. The lowest BCUT2D eigenvalue weighted by molar-refractivity contribution is 0.146. The monoisotopic (exact) mass is 395 g/mol. The third-order valence-electron chi connectivity index (χ3n) is 4.40. The summed E-state index contributed by atoms with van der Waals surface area (Å²) in [5.74, 6) is 1.11. The maximum Gasteiger partial charge on any atom is 0.193 e. The molecule has 0 aromatic carbocycles. The Morgan fingerprint density at radius 2 is 2.10 bits per heavy atom. The summed E-state index contributed by atoms with van der Waals surface area (Å²) in [6.45, 7) is 10.0. The molecule has 1 aliphatic heterocycles. The van der Waals surface area contributed by atoms with Crippen molar-refractivity contribution in [3.05, 3.63) is 0 Å². The Morgan fingerprint density at radius 3 is 2.65 bits per heavy atom. The Bertz CT molecular complexity index is 305. The minimum Gasteiger partial charge on any atom is -0.382 e. The molecule has 1 saturated heterocycles. The molecule has 0 bridgehead atoms. The van der Waals surface area contributed by atoms with E-state index in [1.165, 1.54) is 38.8 Å². The van der Waals surface area contributed by atoms with Crippen molar-refractivity contribution >= 4 is 29.9 Å². The number of nitrogens with one attached hydrogen (secondary N) is 1. The van der Waals surface area contributed by atoms with Crippen LogP contribution < -0.4 is 5.32 Å². The molecule has 2 aliphatic rings. The van der Waals surface area contributed by atoms with E-state index < -0.39 is 0 Å². The highest BCUT2D eigenvalue weighted by Crippen LogP contribution is 2.47. The fraction of sp³-hybridized carbons (Fsp3) is 0.933. The zero-order chi connectivity index (χ0) is 13.6. The SMILES string of the molecule is CCNC(=NCCCOCC)N1CCC2(CCC2)C1.I. The van der Waals surface area contributed by atoms with Crippen molar-refractivity contribution in [3.63, 3.8) is 0 Å². The van der Waals surface area contributed by atoms with Gasteiger partial charge in [0.25, 0.3) is 0 Å². The number of nitrogens with zero attached hydrogens (tertiary/aromatic N) is 2. The molecule has 2 fully saturated rings. The highest BCUT2D eigenvalue weighted by Gasteiger charge is 2.43. The molecule has 0 aromatic rings. The minimum absolute atomic E-state index is 0. The fourth-order valence-corrected chi connectivity index (χ4v) is 3.12. The first-order valence-corrected chi connectivity index (χ1v) is 7.91. The topological polar surface area (TPSA) is 36.9 Å². The second kappa shape index (κ2) is 9.07. The van der Waals surface area contributed by atoms with Gasteiger partial charge in [0.15, 0.2) is 5.96 Å². The van der Waals surface area contributed by atoms with E-state index in [0.29, 0.717) is 5.41 Å². The number of halogens is 1. The number of aliphatic imine (C=N–C) groups is 1. The van der Waals surface area contributed by atoms with E-state index in [1.807, 2.05) is 6.92 Å². The first kappa shape index (κ1) is 18.0. The van der Waals surface area contributed by atoms with E-state index in [2.05, 4.69) is 17.1 Å². The second-order valence-electron chi connectivity index (χ2n) is 5.81. The number of likely N-dealkylation sites (tertiary alicyclic amines) is 1. The zero-order valence-corrected chi connectivity index (χ0v) is 15.3. The third-order valence-corrected chi connectivity index (χ3v) is 4.40. The van der Waals surface area contributed by atoms with Crippen molar-refractivity contribution in [1.29, 1.82) is 0 Å². The van der Waals surface area contributed by atoms with E-state index in [1.54, 1.807) is 0 Å². The normalized spacial score (nSPS) is 20.7. The lowest BCUT2D eigenvalue weighted by Crippen LogP contribution is -2.42. The Kier molecular flexibility index (Phi) is 8.17. The van der Waals surface area contributed by atoms with Crippen molar-refractivity contribution in [3.8, 4) is 0 Å². The lowest BCUT2D eigenvalue weighted by atomic mass is 9.68. The number of ether oxygens (including phenoxy) is 1. The van der Waals surface area contributed by atoms with E-state index in [9.17, 15) is 0 Å². The largest absolute Gasteiger partial charge is 0.382 e. The molecule has 1 N–H and O–H groups in total. The molecule has 0 amide bonds. The van der Waals surface area contributed by atoms with Crippen LogP contribution in [0.1, 0.15) is 46.0 Å². The second-order valence-corrected chi connectivity index (χ2v) is 5.81. The molecular formula is C15H30IN3O.